The normalized spacial score (nSPS) is 14.9. The number of nitrogens with one attached hydrogen (secondary N) is 2. The minimum absolute atomic E-state index is 0.0128. The van der Waals surface area contributed by atoms with Gasteiger partial charge in [0.1, 0.15) is 0 Å². The molecule has 20 heavy (non-hydrogen) atoms. The summed E-state index contributed by atoms with van der Waals surface area (Å²) in [4.78, 5) is 11.9. The highest BCUT2D eigenvalue weighted by atomic mass is 16.2. The molecule has 2 unspecified atom stereocenters. The summed E-state index contributed by atoms with van der Waals surface area (Å²) in [6.45, 7) is 12.7. The molecule has 2 atom stereocenters. The predicted molar refractivity (Wildman–Crippen MR) is 81.4 cm³/mol. The highest BCUT2D eigenvalue weighted by molar-refractivity contribution is 5.81. The molecule has 2 N–H and O–H groups in total. The lowest BCUT2D eigenvalue weighted by molar-refractivity contribution is -0.124. The van der Waals surface area contributed by atoms with Gasteiger partial charge in [-0.05, 0) is 47.1 Å². The number of aromatic nitrogens is 2. The van der Waals surface area contributed by atoms with E-state index in [1.54, 1.807) is 0 Å². The molecule has 0 spiro atoms. The quantitative estimate of drug-likeness (QED) is 0.840. The van der Waals surface area contributed by atoms with Crippen LogP contribution in [-0.4, -0.2) is 27.3 Å². The third kappa shape index (κ3) is 5.33. The summed E-state index contributed by atoms with van der Waals surface area (Å²) in [5.74, 6) is 0.0128. The second kappa shape index (κ2) is 6.88. The summed E-state index contributed by atoms with van der Waals surface area (Å²) in [5, 5.41) is 10.7. The van der Waals surface area contributed by atoms with Gasteiger partial charge >= 0.3 is 0 Å². The van der Waals surface area contributed by atoms with Crippen molar-refractivity contribution in [1.29, 1.82) is 0 Å². The molecule has 0 aliphatic rings. The third-order valence-corrected chi connectivity index (χ3v) is 3.19. The van der Waals surface area contributed by atoms with Gasteiger partial charge in [-0.2, -0.15) is 5.10 Å². The van der Waals surface area contributed by atoms with E-state index < -0.39 is 0 Å². The molecule has 0 aromatic carbocycles. The van der Waals surface area contributed by atoms with Gasteiger partial charge in [0.15, 0.2) is 0 Å². The molecule has 1 aromatic heterocycles. The van der Waals surface area contributed by atoms with Crippen molar-refractivity contribution < 1.29 is 4.79 Å². The minimum Gasteiger partial charge on any atom is -0.350 e. The number of nitrogens with zero attached hydrogens (tertiary/aromatic N) is 2. The van der Waals surface area contributed by atoms with Gasteiger partial charge in [-0.3, -0.25) is 9.48 Å². The molecular formula is C15H28N4O. The molecule has 5 nitrogen and oxygen atoms in total. The molecule has 0 aliphatic carbocycles. The Bertz CT molecular complexity index is 433. The number of hydrogen-bond donors (Lipinski definition) is 2. The largest absolute Gasteiger partial charge is 0.350 e. The van der Waals surface area contributed by atoms with Crippen molar-refractivity contribution in [3.05, 3.63) is 18.0 Å². The van der Waals surface area contributed by atoms with Crippen LogP contribution in [0.25, 0.3) is 0 Å². The molecular weight excluding hydrogens is 252 g/mol. The van der Waals surface area contributed by atoms with E-state index in [0.29, 0.717) is 12.6 Å². The molecule has 0 aliphatic heterocycles. The van der Waals surface area contributed by atoms with Crippen molar-refractivity contribution in [3.63, 3.8) is 0 Å². The Morgan fingerprint density at radius 2 is 2.05 bits per heavy atom. The molecule has 0 saturated heterocycles. The molecule has 0 fully saturated rings. The maximum absolute atomic E-state index is 11.9. The lowest BCUT2D eigenvalue weighted by Crippen LogP contribution is -2.49. The Hall–Kier alpha value is -1.36. The van der Waals surface area contributed by atoms with E-state index in [9.17, 15) is 4.79 Å². The van der Waals surface area contributed by atoms with E-state index in [-0.39, 0.29) is 17.5 Å². The fourth-order valence-corrected chi connectivity index (χ4v) is 1.73. The first-order chi connectivity index (χ1) is 9.23. The van der Waals surface area contributed by atoms with Gasteiger partial charge in [0.25, 0.3) is 0 Å². The first-order valence-corrected chi connectivity index (χ1v) is 7.32. The second-order valence-corrected chi connectivity index (χ2v) is 6.39. The van der Waals surface area contributed by atoms with E-state index in [0.717, 1.165) is 12.1 Å². The first-order valence-electron chi connectivity index (χ1n) is 7.32. The van der Waals surface area contributed by atoms with Crippen molar-refractivity contribution in [2.75, 3.05) is 0 Å². The van der Waals surface area contributed by atoms with Gasteiger partial charge < -0.3 is 10.6 Å². The molecule has 1 amide bonds. The highest BCUT2D eigenvalue weighted by Crippen LogP contribution is 2.09. The second-order valence-electron chi connectivity index (χ2n) is 6.39. The van der Waals surface area contributed by atoms with Crippen LogP contribution in [0, 0.1) is 0 Å². The van der Waals surface area contributed by atoms with Gasteiger partial charge in [-0.25, -0.2) is 0 Å². The third-order valence-electron chi connectivity index (χ3n) is 3.19. The van der Waals surface area contributed by atoms with Crippen molar-refractivity contribution >= 4 is 5.91 Å². The average Bonchev–Trinajstić information content (AvgIpc) is 2.81. The molecule has 5 heteroatoms. The summed E-state index contributed by atoms with van der Waals surface area (Å²) in [6.07, 6.45) is 3.05. The Kier molecular flexibility index (Phi) is 5.74. The van der Waals surface area contributed by atoms with Crippen LogP contribution >= 0.6 is 0 Å². The summed E-state index contributed by atoms with van der Waals surface area (Å²) in [7, 11) is 0. The van der Waals surface area contributed by atoms with Crippen molar-refractivity contribution in [2.24, 2.45) is 0 Å². The minimum atomic E-state index is -0.233. The van der Waals surface area contributed by atoms with Crippen LogP contribution in [0.15, 0.2) is 12.3 Å². The van der Waals surface area contributed by atoms with Gasteiger partial charge in [0.2, 0.25) is 5.91 Å². The van der Waals surface area contributed by atoms with Crippen LogP contribution in [0.3, 0.4) is 0 Å². The fourth-order valence-electron chi connectivity index (χ4n) is 1.73. The zero-order valence-electron chi connectivity index (χ0n) is 13.5. The topological polar surface area (TPSA) is 59.0 Å². The predicted octanol–water partition coefficient (Wildman–Crippen LogP) is 2.25. The monoisotopic (exact) mass is 280 g/mol. The number of carbonyl (C=O) groups is 1. The van der Waals surface area contributed by atoms with Gasteiger partial charge in [0.05, 0.1) is 11.7 Å². The van der Waals surface area contributed by atoms with Crippen molar-refractivity contribution in [2.45, 2.75) is 72.1 Å². The first kappa shape index (κ1) is 16.7. The summed E-state index contributed by atoms with van der Waals surface area (Å²) < 4.78 is 1.97. The molecule has 1 rings (SSSR count). The smallest absolute Gasteiger partial charge is 0.237 e. The summed E-state index contributed by atoms with van der Waals surface area (Å²) in [5.41, 5.74) is 0.756. The molecule has 1 aromatic rings. The van der Waals surface area contributed by atoms with Crippen LogP contribution in [-0.2, 0) is 11.3 Å². The lowest BCUT2D eigenvalue weighted by Gasteiger charge is -2.23. The number of rotatable bonds is 6. The van der Waals surface area contributed by atoms with Gasteiger partial charge in [0, 0.05) is 24.3 Å². The molecule has 0 radical (unpaired) electrons. The lowest BCUT2D eigenvalue weighted by atomic mass is 10.1. The van der Waals surface area contributed by atoms with Crippen LogP contribution in [0.1, 0.15) is 59.7 Å². The van der Waals surface area contributed by atoms with E-state index in [1.165, 1.54) is 0 Å². The number of carbonyl (C=O) groups excluding carboxylic acids is 1. The van der Waals surface area contributed by atoms with Crippen LogP contribution in [0.4, 0.5) is 0 Å². The SMILES string of the molecule is CCC(C)n1ccc(CNC(C)C(=O)NC(C)(C)C)n1. The maximum Gasteiger partial charge on any atom is 0.237 e. The molecule has 0 bridgehead atoms. The fraction of sp³-hybridized carbons (Fsp3) is 0.733. The highest BCUT2D eigenvalue weighted by Gasteiger charge is 2.18. The molecule has 0 saturated carbocycles. The van der Waals surface area contributed by atoms with Crippen LogP contribution < -0.4 is 10.6 Å². The molecule has 1 heterocycles. The number of hydrogen-bond acceptors (Lipinski definition) is 3. The zero-order valence-corrected chi connectivity index (χ0v) is 13.5. The van der Waals surface area contributed by atoms with Gasteiger partial charge in [-0.15, -0.1) is 0 Å². The summed E-state index contributed by atoms with van der Waals surface area (Å²) in [6, 6.07) is 2.17. The Morgan fingerprint density at radius 1 is 1.40 bits per heavy atom. The zero-order chi connectivity index (χ0) is 15.3. The van der Waals surface area contributed by atoms with Crippen molar-refractivity contribution in [3.8, 4) is 0 Å². The average molecular weight is 280 g/mol. The Balaban J connectivity index is 2.46. The molecule has 114 valence electrons. The van der Waals surface area contributed by atoms with Crippen LogP contribution in [0.2, 0.25) is 0 Å². The van der Waals surface area contributed by atoms with Crippen LogP contribution in [0.5, 0.6) is 0 Å². The van der Waals surface area contributed by atoms with E-state index in [4.69, 9.17) is 0 Å². The van der Waals surface area contributed by atoms with Crippen molar-refractivity contribution in [1.82, 2.24) is 20.4 Å². The standard InChI is InChI=1S/C15H28N4O/c1-7-11(2)19-9-8-13(18-19)10-16-12(3)14(20)17-15(4,5)6/h8-9,11-12,16H,7,10H2,1-6H3,(H,17,20). The maximum atomic E-state index is 11.9. The summed E-state index contributed by atoms with van der Waals surface area (Å²) >= 11 is 0. The number of amides is 1. The van der Waals surface area contributed by atoms with E-state index in [2.05, 4.69) is 29.6 Å². The van der Waals surface area contributed by atoms with Gasteiger partial charge in [-0.1, -0.05) is 6.92 Å². The van der Waals surface area contributed by atoms with E-state index in [1.807, 2.05) is 44.6 Å². The van der Waals surface area contributed by atoms with E-state index >= 15 is 0 Å². The Labute approximate surface area is 122 Å². The Morgan fingerprint density at radius 3 is 2.60 bits per heavy atom.